The van der Waals surface area contributed by atoms with Crippen LogP contribution in [0.1, 0.15) is 5.56 Å². The summed E-state index contributed by atoms with van der Waals surface area (Å²) in [6, 6.07) is 6.54. The molecule has 2 N–H and O–H groups in total. The van der Waals surface area contributed by atoms with Gasteiger partial charge >= 0.3 is 12.3 Å². The fourth-order valence-electron chi connectivity index (χ4n) is 3.01. The zero-order valence-electron chi connectivity index (χ0n) is 15.7. The van der Waals surface area contributed by atoms with Crippen LogP contribution in [0.15, 0.2) is 47.4 Å². The summed E-state index contributed by atoms with van der Waals surface area (Å²) < 4.78 is 94.9. The number of hydrogen-bond acceptors (Lipinski definition) is 6. The van der Waals surface area contributed by atoms with Gasteiger partial charge in [-0.2, -0.15) is 13.2 Å². The zero-order valence-corrected chi connectivity index (χ0v) is 18.1. The summed E-state index contributed by atoms with van der Waals surface area (Å²) in [4.78, 5) is 10.2. The fourth-order valence-corrected chi connectivity index (χ4v) is 5.59. The minimum Gasteiger partial charge on any atom is -0.485 e. The second-order valence-corrected chi connectivity index (χ2v) is 11.3. The first-order valence-electron chi connectivity index (χ1n) is 8.60. The molecule has 2 aromatic rings. The van der Waals surface area contributed by atoms with E-state index in [1.807, 2.05) is 5.32 Å². The van der Waals surface area contributed by atoms with Crippen molar-refractivity contribution in [2.24, 2.45) is 0 Å². The Bertz CT molecular complexity index is 1270. The van der Waals surface area contributed by atoms with Crippen LogP contribution in [0.3, 0.4) is 0 Å². The molecule has 0 aliphatic carbocycles. The maximum Gasteiger partial charge on any atom is 0.416 e. The number of benzene rings is 2. The maximum atomic E-state index is 13.3. The molecule has 0 bridgehead atoms. The number of carboxylic acid groups (broad SMARTS) is 1. The van der Waals surface area contributed by atoms with Gasteiger partial charge in [0, 0.05) is 16.4 Å². The lowest BCUT2D eigenvalue weighted by Gasteiger charge is -2.35. The van der Waals surface area contributed by atoms with E-state index in [4.69, 9.17) is 20.5 Å². The molecule has 0 radical (unpaired) electrons. The molecule has 174 valence electrons. The first kappa shape index (κ1) is 23.9. The van der Waals surface area contributed by atoms with Crippen molar-refractivity contribution in [1.82, 2.24) is 0 Å². The lowest BCUT2D eigenvalue weighted by atomic mass is 10.2. The SMILES string of the molecule is O=C(O)Nc1ccc2c(c1)N(S(=O)(=O)c1cccc(C(F)(F)F)c1)CC(CS(=O)(=O)Cl)O2. The predicted octanol–water partition coefficient (Wildman–Crippen LogP) is 3.32. The van der Waals surface area contributed by atoms with Gasteiger partial charge in [0.1, 0.15) is 17.6 Å². The second kappa shape index (κ2) is 8.33. The summed E-state index contributed by atoms with van der Waals surface area (Å²) >= 11 is 0. The van der Waals surface area contributed by atoms with Gasteiger partial charge in [-0.3, -0.25) is 9.62 Å². The third-order valence-electron chi connectivity index (χ3n) is 4.28. The number of ether oxygens (including phenoxy) is 1. The van der Waals surface area contributed by atoms with Crippen LogP contribution < -0.4 is 14.4 Å². The summed E-state index contributed by atoms with van der Waals surface area (Å²) in [6.45, 7) is -0.603. The number of alkyl halides is 3. The Morgan fingerprint density at radius 3 is 2.47 bits per heavy atom. The molecule has 32 heavy (non-hydrogen) atoms. The molecule has 1 atom stereocenters. The number of halogens is 4. The summed E-state index contributed by atoms with van der Waals surface area (Å²) in [6.07, 6.45) is -7.52. The van der Waals surface area contributed by atoms with Gasteiger partial charge in [0.25, 0.3) is 10.0 Å². The van der Waals surface area contributed by atoms with E-state index in [9.17, 15) is 34.8 Å². The molecule has 1 unspecified atom stereocenters. The Morgan fingerprint density at radius 2 is 1.88 bits per heavy atom. The average Bonchev–Trinajstić information content (AvgIpc) is 2.65. The van der Waals surface area contributed by atoms with Crippen molar-refractivity contribution >= 4 is 47.2 Å². The molecule has 1 aliphatic rings. The van der Waals surface area contributed by atoms with Crippen molar-refractivity contribution in [2.45, 2.75) is 17.2 Å². The Morgan fingerprint density at radius 1 is 1.19 bits per heavy atom. The lowest BCUT2D eigenvalue weighted by Crippen LogP contribution is -2.46. The molecule has 1 heterocycles. The molecule has 2 aromatic carbocycles. The van der Waals surface area contributed by atoms with Gasteiger partial charge in [0.05, 0.1) is 22.7 Å². The van der Waals surface area contributed by atoms with E-state index in [0.717, 1.165) is 18.2 Å². The maximum absolute atomic E-state index is 13.3. The van der Waals surface area contributed by atoms with Gasteiger partial charge in [0.2, 0.25) is 9.05 Å². The van der Waals surface area contributed by atoms with Gasteiger partial charge in [-0.05, 0) is 36.4 Å². The minimum atomic E-state index is -4.80. The fraction of sp³-hybridized carbons (Fsp3) is 0.235. The second-order valence-electron chi connectivity index (χ2n) is 6.62. The Labute approximate surface area is 184 Å². The van der Waals surface area contributed by atoms with E-state index in [2.05, 4.69) is 0 Å². The molecule has 1 aliphatic heterocycles. The Hall–Kier alpha value is -2.71. The monoisotopic (exact) mass is 514 g/mol. The smallest absolute Gasteiger partial charge is 0.416 e. The van der Waals surface area contributed by atoms with Crippen molar-refractivity contribution in [3.05, 3.63) is 48.0 Å². The van der Waals surface area contributed by atoms with E-state index in [1.54, 1.807) is 0 Å². The van der Waals surface area contributed by atoms with Gasteiger partial charge in [-0.15, -0.1) is 0 Å². The molecule has 0 fully saturated rings. The van der Waals surface area contributed by atoms with Crippen LogP contribution >= 0.6 is 10.7 Å². The van der Waals surface area contributed by atoms with Gasteiger partial charge in [-0.25, -0.2) is 21.6 Å². The molecule has 3 rings (SSSR count). The van der Waals surface area contributed by atoms with Gasteiger partial charge in [0.15, 0.2) is 0 Å². The number of anilines is 2. The molecule has 15 heteroatoms. The topological polar surface area (TPSA) is 130 Å². The molecule has 0 spiro atoms. The van der Waals surface area contributed by atoms with Crippen LogP contribution in [0.4, 0.5) is 29.3 Å². The standard InChI is InChI=1S/C17H14ClF3N2O7S2/c18-31(26,27)9-12-8-23(14-7-11(22-16(24)25)4-5-15(14)30-12)32(28,29)13-3-1-2-10(6-13)17(19,20)21/h1-7,12,22H,8-9H2,(H,24,25). The third-order valence-corrected chi connectivity index (χ3v) is 7.20. The van der Waals surface area contributed by atoms with Crippen LogP contribution in [0.5, 0.6) is 5.75 Å². The normalized spacial score (nSPS) is 16.8. The van der Waals surface area contributed by atoms with Crippen LogP contribution in [0.2, 0.25) is 0 Å². The highest BCUT2D eigenvalue weighted by Gasteiger charge is 2.38. The quantitative estimate of drug-likeness (QED) is 0.585. The van der Waals surface area contributed by atoms with E-state index in [0.29, 0.717) is 16.4 Å². The first-order valence-corrected chi connectivity index (χ1v) is 12.5. The number of nitrogens with zero attached hydrogens (tertiary/aromatic N) is 1. The van der Waals surface area contributed by atoms with E-state index in [1.165, 1.54) is 12.1 Å². The number of sulfonamides is 1. The highest BCUT2D eigenvalue weighted by molar-refractivity contribution is 8.13. The summed E-state index contributed by atoms with van der Waals surface area (Å²) in [5.41, 5.74) is -1.45. The van der Waals surface area contributed by atoms with E-state index < -0.39 is 60.2 Å². The van der Waals surface area contributed by atoms with Gasteiger partial charge < -0.3 is 9.84 Å². The molecular weight excluding hydrogens is 501 g/mol. The van der Waals surface area contributed by atoms with Crippen molar-refractivity contribution in [1.29, 1.82) is 0 Å². The summed E-state index contributed by atoms with van der Waals surface area (Å²) in [7, 11) is -3.52. The highest BCUT2D eigenvalue weighted by atomic mass is 35.7. The molecular formula is C17H14ClF3N2O7S2. The Balaban J connectivity index is 2.13. The first-order chi connectivity index (χ1) is 14.7. The molecule has 1 amide bonds. The van der Waals surface area contributed by atoms with E-state index >= 15 is 0 Å². The van der Waals surface area contributed by atoms with Crippen molar-refractivity contribution in [2.75, 3.05) is 21.9 Å². The van der Waals surface area contributed by atoms with Crippen LogP contribution in [0, 0.1) is 0 Å². The van der Waals surface area contributed by atoms with Crippen LogP contribution in [-0.2, 0) is 25.3 Å². The number of amides is 1. The third kappa shape index (κ3) is 5.37. The molecule has 0 saturated carbocycles. The van der Waals surface area contributed by atoms with Crippen molar-refractivity contribution in [3.63, 3.8) is 0 Å². The number of nitrogens with one attached hydrogen (secondary N) is 1. The molecule has 9 nitrogen and oxygen atoms in total. The molecule has 0 aromatic heterocycles. The number of hydrogen-bond donors (Lipinski definition) is 2. The lowest BCUT2D eigenvalue weighted by molar-refractivity contribution is -0.137. The van der Waals surface area contributed by atoms with Crippen molar-refractivity contribution < 1.29 is 44.6 Å². The van der Waals surface area contributed by atoms with Crippen molar-refractivity contribution in [3.8, 4) is 5.75 Å². The number of rotatable bonds is 5. The minimum absolute atomic E-state index is 0.0486. The van der Waals surface area contributed by atoms with Gasteiger partial charge in [-0.1, -0.05) is 6.07 Å². The van der Waals surface area contributed by atoms with E-state index in [-0.39, 0.29) is 17.1 Å². The van der Waals surface area contributed by atoms with Crippen LogP contribution in [-0.4, -0.2) is 46.4 Å². The average molecular weight is 515 g/mol. The predicted molar refractivity (Wildman–Crippen MR) is 108 cm³/mol. The summed E-state index contributed by atoms with van der Waals surface area (Å²) in [5, 5.41) is 10.9. The highest BCUT2D eigenvalue weighted by Crippen LogP contribution is 2.40. The number of carbonyl (C=O) groups is 1. The summed E-state index contributed by atoms with van der Waals surface area (Å²) in [5.74, 6) is -0.911. The Kier molecular flexibility index (Phi) is 6.23. The molecule has 0 saturated heterocycles. The largest absolute Gasteiger partial charge is 0.485 e. The zero-order chi connectivity index (χ0) is 23.9. The van der Waals surface area contributed by atoms with Crippen LogP contribution in [0.25, 0.3) is 0 Å². The number of fused-ring (bicyclic) bond motifs is 1.